The third-order valence-electron chi connectivity index (χ3n) is 0. The Balaban J connectivity index is -0.00000000161. The lowest BCUT2D eigenvalue weighted by Crippen LogP contribution is -2.06. The molecule has 12 heavy (non-hydrogen) atoms. The SMILES string of the molecule is CC(C)N.O.O.O.O.O.O.O.O. The van der Waals surface area contributed by atoms with Gasteiger partial charge in [-0.1, -0.05) is 13.8 Å². The molecular weight excluding hydrogens is 178 g/mol. The molecule has 0 amide bonds. The quantitative estimate of drug-likeness (QED) is 0.394. The van der Waals surface area contributed by atoms with Gasteiger partial charge in [0, 0.05) is 0 Å². The molecule has 0 fully saturated rings. The summed E-state index contributed by atoms with van der Waals surface area (Å²) in [7, 11) is 0. The highest BCUT2D eigenvalue weighted by Crippen LogP contribution is 1.58. The van der Waals surface area contributed by atoms with E-state index in [1.54, 1.807) is 0 Å². The average molecular weight is 203 g/mol. The van der Waals surface area contributed by atoms with Crippen molar-refractivity contribution in [1.29, 1.82) is 0 Å². The van der Waals surface area contributed by atoms with Crippen LogP contribution >= 0.6 is 0 Å². The van der Waals surface area contributed by atoms with Crippen LogP contribution < -0.4 is 5.73 Å². The zero-order valence-corrected chi connectivity index (χ0v) is 7.15. The fraction of sp³-hybridized carbons (Fsp3) is 1.00. The zero-order valence-electron chi connectivity index (χ0n) is 7.15. The van der Waals surface area contributed by atoms with E-state index in [2.05, 4.69) is 0 Å². The van der Waals surface area contributed by atoms with Gasteiger partial charge in [0.05, 0.1) is 0 Å². The number of rotatable bonds is 0. The Bertz CT molecular complexity index is 19.0. The van der Waals surface area contributed by atoms with Crippen molar-refractivity contribution >= 4 is 0 Å². The summed E-state index contributed by atoms with van der Waals surface area (Å²) in [5.41, 5.74) is 5.11. The van der Waals surface area contributed by atoms with Gasteiger partial charge in [0.1, 0.15) is 0 Å². The van der Waals surface area contributed by atoms with E-state index in [1.165, 1.54) is 0 Å². The smallest absolute Gasteiger partial charge is 0.00179 e. The van der Waals surface area contributed by atoms with Crippen LogP contribution in [0.3, 0.4) is 0 Å². The highest BCUT2D eigenvalue weighted by Gasteiger charge is 1.67. The lowest BCUT2D eigenvalue weighted by Gasteiger charge is -1.81. The van der Waals surface area contributed by atoms with E-state index in [9.17, 15) is 0 Å². The fourth-order valence-corrected chi connectivity index (χ4v) is 0. The molecule has 0 atom stereocenters. The maximum Gasteiger partial charge on any atom is -0.00179 e. The van der Waals surface area contributed by atoms with Crippen LogP contribution in [-0.4, -0.2) is 49.9 Å². The van der Waals surface area contributed by atoms with Crippen molar-refractivity contribution in [1.82, 2.24) is 0 Å². The van der Waals surface area contributed by atoms with Gasteiger partial charge < -0.3 is 49.5 Å². The molecule has 9 nitrogen and oxygen atoms in total. The van der Waals surface area contributed by atoms with E-state index >= 15 is 0 Å². The van der Waals surface area contributed by atoms with Crippen molar-refractivity contribution in [3.63, 3.8) is 0 Å². The van der Waals surface area contributed by atoms with Crippen molar-refractivity contribution in [2.24, 2.45) is 5.73 Å². The molecule has 0 bridgehead atoms. The van der Waals surface area contributed by atoms with Crippen LogP contribution in [0.4, 0.5) is 0 Å². The highest BCUT2D eigenvalue weighted by molar-refractivity contribution is 4.32. The van der Waals surface area contributed by atoms with Crippen LogP contribution in [0, 0.1) is 0 Å². The largest absolute Gasteiger partial charge is 0.412 e. The maximum atomic E-state index is 5.11. The van der Waals surface area contributed by atoms with Gasteiger partial charge in [-0.25, -0.2) is 0 Å². The summed E-state index contributed by atoms with van der Waals surface area (Å²) in [5, 5.41) is 0. The van der Waals surface area contributed by atoms with Gasteiger partial charge in [-0.3, -0.25) is 0 Å². The molecule has 90 valence electrons. The Morgan fingerprint density at radius 3 is 0.583 bits per heavy atom. The van der Waals surface area contributed by atoms with Crippen LogP contribution in [-0.2, 0) is 0 Å². The molecular formula is C3H25NO8. The summed E-state index contributed by atoms with van der Waals surface area (Å²) in [6.07, 6.45) is 0. The molecule has 0 aliphatic rings. The van der Waals surface area contributed by atoms with Crippen molar-refractivity contribution in [2.45, 2.75) is 19.9 Å². The highest BCUT2D eigenvalue weighted by atomic mass is 16.0. The second-order valence-electron chi connectivity index (χ2n) is 1.24. The molecule has 0 heterocycles. The Labute approximate surface area is 70.7 Å². The summed E-state index contributed by atoms with van der Waals surface area (Å²) in [4.78, 5) is 0. The number of nitrogens with two attached hydrogens (primary N) is 1. The summed E-state index contributed by atoms with van der Waals surface area (Å²) in [6, 6.07) is 0.333. The van der Waals surface area contributed by atoms with Crippen molar-refractivity contribution < 1.29 is 43.8 Å². The second-order valence-corrected chi connectivity index (χ2v) is 1.24. The first-order valence-corrected chi connectivity index (χ1v) is 1.49. The van der Waals surface area contributed by atoms with Gasteiger partial charge >= 0.3 is 0 Å². The van der Waals surface area contributed by atoms with Gasteiger partial charge in [0.15, 0.2) is 0 Å². The Hall–Kier alpha value is -0.360. The van der Waals surface area contributed by atoms with Gasteiger partial charge in [-0.15, -0.1) is 0 Å². The van der Waals surface area contributed by atoms with Crippen molar-refractivity contribution in [3.8, 4) is 0 Å². The van der Waals surface area contributed by atoms with Crippen LogP contribution in [0.1, 0.15) is 13.8 Å². The van der Waals surface area contributed by atoms with E-state index in [0.717, 1.165) is 0 Å². The molecule has 0 unspecified atom stereocenters. The number of hydrogen-bond acceptors (Lipinski definition) is 1. The number of hydrogen-bond donors (Lipinski definition) is 1. The van der Waals surface area contributed by atoms with Crippen LogP contribution in [0.15, 0.2) is 0 Å². The minimum absolute atomic E-state index is 0. The predicted octanol–water partition coefficient (Wildman–Crippen LogP) is -6.24. The molecule has 0 aromatic carbocycles. The molecule has 0 aromatic rings. The summed E-state index contributed by atoms with van der Waals surface area (Å²) < 4.78 is 0. The van der Waals surface area contributed by atoms with Gasteiger partial charge in [0.2, 0.25) is 0 Å². The summed E-state index contributed by atoms with van der Waals surface area (Å²) >= 11 is 0. The van der Waals surface area contributed by atoms with E-state index in [1.807, 2.05) is 13.8 Å². The molecule has 0 aliphatic carbocycles. The predicted molar refractivity (Wildman–Crippen MR) is 48.2 cm³/mol. The molecule has 0 aliphatic heterocycles. The molecule has 0 radical (unpaired) electrons. The van der Waals surface area contributed by atoms with Crippen LogP contribution in [0.25, 0.3) is 0 Å². The third kappa shape index (κ3) is 5550. The molecule has 0 rings (SSSR count). The van der Waals surface area contributed by atoms with E-state index < -0.39 is 0 Å². The van der Waals surface area contributed by atoms with E-state index in [-0.39, 0.29) is 43.8 Å². The molecule has 0 saturated heterocycles. The monoisotopic (exact) mass is 203 g/mol. The van der Waals surface area contributed by atoms with Gasteiger partial charge in [0.25, 0.3) is 0 Å². The van der Waals surface area contributed by atoms with Crippen LogP contribution in [0.2, 0.25) is 0 Å². The Morgan fingerprint density at radius 2 is 0.583 bits per heavy atom. The third-order valence-corrected chi connectivity index (χ3v) is 0. The normalized spacial score (nSPS) is 3.00. The lowest BCUT2D eigenvalue weighted by molar-refractivity contribution is 0.823. The first kappa shape index (κ1) is 189. The fourth-order valence-electron chi connectivity index (χ4n) is 0. The summed E-state index contributed by atoms with van der Waals surface area (Å²) in [6.45, 7) is 3.89. The van der Waals surface area contributed by atoms with Crippen molar-refractivity contribution in [3.05, 3.63) is 0 Å². The Kier molecular flexibility index (Phi) is 2240. The first-order valence-electron chi connectivity index (χ1n) is 1.49. The topological polar surface area (TPSA) is 278 Å². The molecule has 9 heteroatoms. The second kappa shape index (κ2) is 142. The molecule has 0 aromatic heterocycles. The van der Waals surface area contributed by atoms with Crippen molar-refractivity contribution in [2.75, 3.05) is 0 Å². The first-order chi connectivity index (χ1) is 1.73. The molecule has 0 saturated carbocycles. The van der Waals surface area contributed by atoms with Gasteiger partial charge in [-0.2, -0.15) is 0 Å². The van der Waals surface area contributed by atoms with Crippen LogP contribution in [0.5, 0.6) is 0 Å². The van der Waals surface area contributed by atoms with Gasteiger partial charge in [-0.05, 0) is 6.04 Å². The summed E-state index contributed by atoms with van der Waals surface area (Å²) in [5.74, 6) is 0. The average Bonchev–Trinajstić information content (AvgIpc) is 0.811. The van der Waals surface area contributed by atoms with E-state index in [4.69, 9.17) is 5.73 Å². The Morgan fingerprint density at radius 1 is 0.583 bits per heavy atom. The maximum absolute atomic E-state index is 5.11. The zero-order chi connectivity index (χ0) is 3.58. The minimum atomic E-state index is 0. The van der Waals surface area contributed by atoms with E-state index in [0.29, 0.717) is 6.04 Å². The molecule has 0 spiro atoms. The molecule has 18 N–H and O–H groups in total. The minimum Gasteiger partial charge on any atom is -0.412 e. The standard InChI is InChI=1S/C3H9N.8H2O/c1-3(2)4;;;;;;;;/h3H,4H2,1-2H3;8*1H2. The lowest BCUT2D eigenvalue weighted by atomic mass is 10.5.